The first-order valence-corrected chi connectivity index (χ1v) is 12.0. The highest BCUT2D eigenvalue weighted by molar-refractivity contribution is 5.96. The van der Waals surface area contributed by atoms with E-state index in [-0.39, 0.29) is 12.5 Å². The third-order valence-electron chi connectivity index (χ3n) is 5.35. The molecule has 0 aromatic rings. The lowest BCUT2D eigenvalue weighted by Crippen LogP contribution is -2.35. The normalized spacial score (nSPS) is 15.1. The smallest absolute Gasteiger partial charge is 0.327 e. The number of carbonyl (C=O) groups is 1. The van der Waals surface area contributed by atoms with Crippen molar-refractivity contribution < 1.29 is 9.53 Å². The van der Waals surface area contributed by atoms with E-state index >= 15 is 0 Å². The van der Waals surface area contributed by atoms with Crippen LogP contribution in [0.1, 0.15) is 104 Å². The number of esters is 1. The summed E-state index contributed by atoms with van der Waals surface area (Å²) >= 11 is 0. The van der Waals surface area contributed by atoms with Crippen molar-refractivity contribution in [1.82, 2.24) is 4.90 Å². The van der Waals surface area contributed by atoms with E-state index in [2.05, 4.69) is 18.0 Å². The number of hydrogen-bond donors (Lipinski definition) is 1. The van der Waals surface area contributed by atoms with Gasteiger partial charge in [-0.25, -0.2) is 0 Å². The molecule has 0 fully saturated rings. The molecule has 0 aromatic heterocycles. The highest BCUT2D eigenvalue weighted by Gasteiger charge is 2.18. The Balaban J connectivity index is 1.95. The van der Waals surface area contributed by atoms with Gasteiger partial charge in [0.15, 0.2) is 0 Å². The lowest BCUT2D eigenvalue weighted by molar-refractivity contribution is -0.148. The fourth-order valence-electron chi connectivity index (χ4n) is 3.69. The Morgan fingerprint density at radius 1 is 1.03 bits per heavy atom. The van der Waals surface area contributed by atoms with E-state index in [1.54, 1.807) is 6.92 Å². The maximum absolute atomic E-state index is 11.7. The van der Waals surface area contributed by atoms with Crippen molar-refractivity contribution in [3.63, 3.8) is 0 Å². The minimum atomic E-state index is -0.559. The van der Waals surface area contributed by atoms with Crippen LogP contribution in [0.5, 0.6) is 0 Å². The summed E-state index contributed by atoms with van der Waals surface area (Å²) in [4.78, 5) is 18.2. The van der Waals surface area contributed by atoms with Gasteiger partial charge in [-0.2, -0.15) is 0 Å². The zero-order valence-corrected chi connectivity index (χ0v) is 19.0. The van der Waals surface area contributed by atoms with E-state index < -0.39 is 6.23 Å². The van der Waals surface area contributed by atoms with Crippen LogP contribution in [-0.2, 0) is 9.53 Å². The monoisotopic (exact) mass is 407 g/mol. The van der Waals surface area contributed by atoms with Crippen LogP contribution in [0.15, 0.2) is 17.1 Å². The predicted octanol–water partition coefficient (Wildman–Crippen LogP) is 5.59. The lowest BCUT2D eigenvalue weighted by Gasteiger charge is -2.18. The van der Waals surface area contributed by atoms with Crippen LogP contribution in [0, 0.1) is 0 Å². The number of aliphatic imine (C=N–C) groups is 1. The molecule has 1 rings (SSSR count). The summed E-state index contributed by atoms with van der Waals surface area (Å²) in [6, 6.07) is 0. The maximum Gasteiger partial charge on any atom is 0.327 e. The molecule has 0 aliphatic carbocycles. The maximum atomic E-state index is 11.7. The Morgan fingerprint density at radius 2 is 1.59 bits per heavy atom. The molecule has 5 nitrogen and oxygen atoms in total. The number of carbonyl (C=O) groups excluding carboxylic acids is 1. The number of nitrogens with two attached hydrogens (primary N) is 1. The summed E-state index contributed by atoms with van der Waals surface area (Å²) in [5.74, 6) is 0.598. The number of nitrogens with zero attached hydrogens (tertiary/aromatic N) is 2. The fourth-order valence-corrected chi connectivity index (χ4v) is 3.69. The second-order valence-corrected chi connectivity index (χ2v) is 8.29. The van der Waals surface area contributed by atoms with Gasteiger partial charge >= 0.3 is 5.97 Å². The first-order valence-electron chi connectivity index (χ1n) is 12.0. The molecule has 29 heavy (non-hydrogen) atoms. The van der Waals surface area contributed by atoms with Crippen LogP contribution in [-0.4, -0.2) is 42.6 Å². The summed E-state index contributed by atoms with van der Waals surface area (Å²) in [5, 5.41) is 0. The summed E-state index contributed by atoms with van der Waals surface area (Å²) < 4.78 is 5.01. The van der Waals surface area contributed by atoms with Gasteiger partial charge in [0.25, 0.3) is 0 Å². The van der Waals surface area contributed by atoms with E-state index in [1.807, 2.05) is 11.0 Å². The van der Waals surface area contributed by atoms with Gasteiger partial charge in [-0.1, -0.05) is 90.0 Å². The van der Waals surface area contributed by atoms with E-state index in [1.165, 1.54) is 83.5 Å². The number of allylic oxidation sites excluding steroid dienone is 1. The second kappa shape index (κ2) is 17.5. The molecule has 2 N–H and O–H groups in total. The Morgan fingerprint density at radius 3 is 2.14 bits per heavy atom. The molecule has 0 aromatic carbocycles. The topological polar surface area (TPSA) is 67.9 Å². The second-order valence-electron chi connectivity index (χ2n) is 8.29. The number of ether oxygens (including phenoxy) is 1. The van der Waals surface area contributed by atoms with Crippen LogP contribution in [0.4, 0.5) is 0 Å². The first kappa shape index (κ1) is 25.7. The van der Waals surface area contributed by atoms with Gasteiger partial charge in [-0.3, -0.25) is 15.5 Å². The highest BCUT2D eigenvalue weighted by atomic mass is 16.6. The van der Waals surface area contributed by atoms with Crippen LogP contribution in [0.2, 0.25) is 0 Å². The molecular weight excluding hydrogens is 362 g/mol. The molecule has 0 amide bonds. The summed E-state index contributed by atoms with van der Waals surface area (Å²) in [6.07, 6.45) is 22.7. The molecule has 168 valence electrons. The zero-order valence-electron chi connectivity index (χ0n) is 19.0. The van der Waals surface area contributed by atoms with Gasteiger partial charge < -0.3 is 9.64 Å². The van der Waals surface area contributed by atoms with Crippen molar-refractivity contribution in [3.05, 3.63) is 12.2 Å². The Bertz CT molecular complexity index is 475. The minimum absolute atomic E-state index is 0.226. The first-order chi connectivity index (χ1) is 14.1. The van der Waals surface area contributed by atoms with Gasteiger partial charge in [0.05, 0.1) is 6.54 Å². The fraction of sp³-hybridized carbons (Fsp3) is 0.833. The van der Waals surface area contributed by atoms with E-state index in [0.717, 1.165) is 25.3 Å². The average molecular weight is 408 g/mol. The van der Waals surface area contributed by atoms with Crippen molar-refractivity contribution in [2.45, 2.75) is 110 Å². The van der Waals surface area contributed by atoms with E-state index in [4.69, 9.17) is 10.5 Å². The zero-order chi connectivity index (χ0) is 21.2. The van der Waals surface area contributed by atoms with Gasteiger partial charge in [-0.05, 0) is 25.8 Å². The molecule has 1 aliphatic rings. The van der Waals surface area contributed by atoms with Crippen LogP contribution < -0.4 is 5.73 Å². The third kappa shape index (κ3) is 14.3. The number of rotatable bonds is 18. The Hall–Kier alpha value is -1.36. The van der Waals surface area contributed by atoms with Crippen LogP contribution in [0.3, 0.4) is 0 Å². The molecule has 0 bridgehead atoms. The van der Waals surface area contributed by atoms with Crippen molar-refractivity contribution in [2.75, 3.05) is 19.6 Å². The number of hydrogen-bond acceptors (Lipinski definition) is 5. The average Bonchev–Trinajstić information content (AvgIpc) is 3.11. The minimum Gasteiger partial charge on any atom is -0.446 e. The van der Waals surface area contributed by atoms with Gasteiger partial charge in [0, 0.05) is 6.54 Å². The van der Waals surface area contributed by atoms with Crippen molar-refractivity contribution in [2.24, 2.45) is 10.7 Å². The Labute approximate surface area is 179 Å². The van der Waals surface area contributed by atoms with E-state index in [0.29, 0.717) is 0 Å². The van der Waals surface area contributed by atoms with Crippen molar-refractivity contribution in [1.29, 1.82) is 0 Å². The molecule has 0 saturated carbocycles. The number of unbranched alkanes of at least 4 members (excludes halogenated alkanes) is 13. The molecule has 0 radical (unpaired) electrons. The SMILES string of the molecule is CCCCCCCCCCCCCCCC=CC1=NCCN1CC(=O)OC(C)N. The van der Waals surface area contributed by atoms with Crippen LogP contribution >= 0.6 is 0 Å². The number of amidine groups is 1. The van der Waals surface area contributed by atoms with Gasteiger partial charge in [0.2, 0.25) is 0 Å². The standard InChI is InChI=1S/C24H45N3O2/c1-3-4-5-6-7-8-9-10-11-12-13-14-15-16-17-18-23-26-19-20-27(23)21-24(28)29-22(2)25/h17-18,22H,3-16,19-21,25H2,1-2H3. The van der Waals surface area contributed by atoms with Crippen molar-refractivity contribution in [3.8, 4) is 0 Å². The Kier molecular flexibility index (Phi) is 15.5. The highest BCUT2D eigenvalue weighted by Crippen LogP contribution is 2.13. The van der Waals surface area contributed by atoms with Crippen molar-refractivity contribution >= 4 is 11.8 Å². The summed E-state index contributed by atoms with van der Waals surface area (Å²) in [7, 11) is 0. The van der Waals surface area contributed by atoms with E-state index in [9.17, 15) is 4.79 Å². The molecular formula is C24H45N3O2. The molecule has 5 heteroatoms. The third-order valence-corrected chi connectivity index (χ3v) is 5.35. The molecule has 1 aliphatic heterocycles. The largest absolute Gasteiger partial charge is 0.446 e. The molecule has 0 spiro atoms. The lowest BCUT2D eigenvalue weighted by atomic mass is 10.0. The molecule has 1 unspecified atom stereocenters. The van der Waals surface area contributed by atoms with Gasteiger partial charge in [0.1, 0.15) is 18.6 Å². The molecule has 1 atom stereocenters. The van der Waals surface area contributed by atoms with Crippen LogP contribution in [0.25, 0.3) is 0 Å². The summed E-state index contributed by atoms with van der Waals surface area (Å²) in [5.41, 5.74) is 5.50. The molecule has 1 heterocycles. The molecule has 0 saturated heterocycles. The quantitative estimate of drug-likeness (QED) is 0.183. The predicted molar refractivity (Wildman–Crippen MR) is 123 cm³/mol. The van der Waals surface area contributed by atoms with Gasteiger partial charge in [-0.15, -0.1) is 0 Å². The summed E-state index contributed by atoms with van der Waals surface area (Å²) in [6.45, 7) is 5.67.